The summed E-state index contributed by atoms with van der Waals surface area (Å²) in [5.74, 6) is 0.881. The molecule has 2 aromatic rings. The quantitative estimate of drug-likeness (QED) is 0.553. The highest BCUT2D eigenvalue weighted by molar-refractivity contribution is 7.99. The van der Waals surface area contributed by atoms with Gasteiger partial charge in [-0.05, 0) is 12.1 Å². The topological polar surface area (TPSA) is 30.3 Å². The van der Waals surface area contributed by atoms with Gasteiger partial charge in [-0.3, -0.25) is 4.90 Å². The molecule has 21 heavy (non-hydrogen) atoms. The van der Waals surface area contributed by atoms with Gasteiger partial charge in [-0.2, -0.15) is 0 Å². The third-order valence-electron chi connectivity index (χ3n) is 3.39. The van der Waals surface area contributed by atoms with E-state index in [9.17, 15) is 0 Å². The summed E-state index contributed by atoms with van der Waals surface area (Å²) >= 11 is 1.74. The number of ether oxygens (including phenoxy) is 1. The van der Waals surface area contributed by atoms with E-state index >= 15 is 0 Å². The average molecular weight is 325 g/mol. The van der Waals surface area contributed by atoms with Crippen molar-refractivity contribution in [2.24, 2.45) is 0 Å². The number of fused-ring (bicyclic) bond motifs is 1. The first-order chi connectivity index (χ1) is 9.88. The highest BCUT2D eigenvalue weighted by Crippen LogP contribution is 2.24. The van der Waals surface area contributed by atoms with Crippen LogP contribution in [0.1, 0.15) is 0 Å². The fourth-order valence-electron chi connectivity index (χ4n) is 2.38. The summed E-state index contributed by atoms with van der Waals surface area (Å²) in [5, 5.41) is 1.07. The second kappa shape index (κ2) is 7.84. The standard InChI is InChI=1S/C15H19N3OS.ClH/c1-2-11-20-15-16-13-5-3-4-6-14(13)18(15)12-17-7-9-19-10-8-17;/h2-6H,1,7-12H2;1H/p-1. The lowest BCUT2D eigenvalue weighted by molar-refractivity contribution is -0.00000644. The average Bonchev–Trinajstić information content (AvgIpc) is 2.84. The van der Waals surface area contributed by atoms with Crippen LogP contribution in [0.25, 0.3) is 11.0 Å². The van der Waals surface area contributed by atoms with Crippen LogP contribution in [0.15, 0.2) is 42.1 Å². The summed E-state index contributed by atoms with van der Waals surface area (Å²) in [5.41, 5.74) is 2.26. The number of hydrogen-bond donors (Lipinski definition) is 0. The van der Waals surface area contributed by atoms with Crippen LogP contribution in [0.4, 0.5) is 0 Å². The minimum absolute atomic E-state index is 0. The summed E-state index contributed by atoms with van der Waals surface area (Å²) in [6, 6.07) is 8.32. The van der Waals surface area contributed by atoms with E-state index < -0.39 is 0 Å². The number of benzene rings is 1. The highest BCUT2D eigenvalue weighted by atomic mass is 35.5. The van der Waals surface area contributed by atoms with E-state index in [-0.39, 0.29) is 12.4 Å². The van der Waals surface area contributed by atoms with Crippen LogP contribution >= 0.6 is 11.8 Å². The molecule has 0 radical (unpaired) electrons. The van der Waals surface area contributed by atoms with Gasteiger partial charge in [0.1, 0.15) is 0 Å². The summed E-state index contributed by atoms with van der Waals surface area (Å²) in [6.45, 7) is 8.28. The summed E-state index contributed by atoms with van der Waals surface area (Å²) in [7, 11) is 0. The molecule has 114 valence electrons. The fraction of sp³-hybridized carbons (Fsp3) is 0.400. The predicted molar refractivity (Wildman–Crippen MR) is 83.0 cm³/mol. The maximum Gasteiger partial charge on any atom is 0.170 e. The van der Waals surface area contributed by atoms with Crippen LogP contribution < -0.4 is 12.4 Å². The van der Waals surface area contributed by atoms with Gasteiger partial charge in [-0.1, -0.05) is 30.0 Å². The lowest BCUT2D eigenvalue weighted by atomic mass is 10.3. The third-order valence-corrected chi connectivity index (χ3v) is 4.37. The first-order valence-electron chi connectivity index (χ1n) is 6.87. The van der Waals surface area contributed by atoms with E-state index in [1.54, 1.807) is 11.8 Å². The summed E-state index contributed by atoms with van der Waals surface area (Å²) in [4.78, 5) is 7.15. The Balaban J connectivity index is 0.00000161. The maximum atomic E-state index is 5.42. The Kier molecular flexibility index (Phi) is 6.11. The molecule has 1 aromatic heterocycles. The van der Waals surface area contributed by atoms with Gasteiger partial charge >= 0.3 is 0 Å². The molecular formula is C15H19ClN3OS-. The molecule has 2 heterocycles. The minimum Gasteiger partial charge on any atom is -1.00 e. The van der Waals surface area contributed by atoms with Gasteiger partial charge in [0, 0.05) is 18.8 Å². The van der Waals surface area contributed by atoms with Gasteiger partial charge in [0.25, 0.3) is 0 Å². The largest absolute Gasteiger partial charge is 1.00 e. The number of hydrogen-bond acceptors (Lipinski definition) is 4. The Hall–Kier alpha value is -1.01. The molecule has 1 saturated heterocycles. The third kappa shape index (κ3) is 3.80. The molecule has 3 rings (SSSR count). The molecular weight excluding hydrogens is 306 g/mol. The zero-order valence-electron chi connectivity index (χ0n) is 11.9. The molecule has 1 aliphatic heterocycles. The number of aromatic nitrogens is 2. The maximum absolute atomic E-state index is 5.42. The van der Waals surface area contributed by atoms with E-state index in [1.165, 1.54) is 5.52 Å². The Morgan fingerprint density at radius 1 is 1.29 bits per heavy atom. The van der Waals surface area contributed by atoms with Gasteiger partial charge in [0.2, 0.25) is 0 Å². The van der Waals surface area contributed by atoms with Crippen molar-refractivity contribution in [1.29, 1.82) is 0 Å². The Bertz CT molecular complexity index is 596. The molecule has 6 heteroatoms. The monoisotopic (exact) mass is 324 g/mol. The first kappa shape index (κ1) is 16.4. The molecule has 0 aliphatic carbocycles. The Morgan fingerprint density at radius 3 is 2.81 bits per heavy atom. The molecule has 4 nitrogen and oxygen atoms in total. The highest BCUT2D eigenvalue weighted by Gasteiger charge is 2.15. The van der Waals surface area contributed by atoms with Crippen molar-refractivity contribution < 1.29 is 17.1 Å². The normalized spacial score (nSPS) is 15.8. The smallest absolute Gasteiger partial charge is 0.170 e. The molecule has 0 unspecified atom stereocenters. The van der Waals surface area contributed by atoms with Gasteiger partial charge in [-0.15, -0.1) is 6.58 Å². The van der Waals surface area contributed by atoms with Crippen molar-refractivity contribution in [3.8, 4) is 0 Å². The van der Waals surface area contributed by atoms with Gasteiger partial charge < -0.3 is 21.7 Å². The Labute approximate surface area is 135 Å². The number of para-hydroxylation sites is 2. The van der Waals surface area contributed by atoms with Gasteiger partial charge in [-0.25, -0.2) is 4.98 Å². The van der Waals surface area contributed by atoms with Gasteiger partial charge in [0.15, 0.2) is 5.16 Å². The second-order valence-electron chi connectivity index (χ2n) is 4.78. The van der Waals surface area contributed by atoms with Crippen LogP contribution in [-0.2, 0) is 11.4 Å². The zero-order valence-corrected chi connectivity index (χ0v) is 13.4. The molecule has 0 saturated carbocycles. The molecule has 1 aliphatic rings. The SMILES string of the molecule is C=CCSc1nc2ccccc2n1CN1CCOCC1.[Cl-]. The summed E-state index contributed by atoms with van der Waals surface area (Å²) in [6.07, 6.45) is 1.92. The lowest BCUT2D eigenvalue weighted by Gasteiger charge is -2.27. The van der Waals surface area contributed by atoms with Crippen molar-refractivity contribution in [3.05, 3.63) is 36.9 Å². The van der Waals surface area contributed by atoms with Crippen molar-refractivity contribution in [3.63, 3.8) is 0 Å². The number of imidazole rings is 1. The molecule has 0 spiro atoms. The van der Waals surface area contributed by atoms with E-state index in [0.29, 0.717) is 0 Å². The molecule has 0 bridgehead atoms. The van der Waals surface area contributed by atoms with Gasteiger partial charge in [0.05, 0.1) is 30.9 Å². The van der Waals surface area contributed by atoms with Crippen LogP contribution in [-0.4, -0.2) is 46.5 Å². The molecule has 0 N–H and O–H groups in total. The van der Waals surface area contributed by atoms with E-state index in [4.69, 9.17) is 9.72 Å². The summed E-state index contributed by atoms with van der Waals surface area (Å²) < 4.78 is 7.72. The molecule has 0 atom stereocenters. The zero-order chi connectivity index (χ0) is 13.8. The Morgan fingerprint density at radius 2 is 2.05 bits per heavy atom. The molecule has 1 aromatic carbocycles. The minimum atomic E-state index is 0. The number of nitrogens with zero attached hydrogens (tertiary/aromatic N) is 3. The number of thioether (sulfide) groups is 1. The van der Waals surface area contributed by atoms with Crippen LogP contribution in [0, 0.1) is 0 Å². The number of halogens is 1. The fourth-order valence-corrected chi connectivity index (χ4v) is 3.12. The number of rotatable bonds is 5. The van der Waals surface area contributed by atoms with Crippen molar-refractivity contribution in [2.75, 3.05) is 32.1 Å². The van der Waals surface area contributed by atoms with Crippen molar-refractivity contribution in [1.82, 2.24) is 14.5 Å². The van der Waals surface area contributed by atoms with E-state index in [1.807, 2.05) is 12.1 Å². The van der Waals surface area contributed by atoms with Crippen molar-refractivity contribution >= 4 is 22.8 Å². The van der Waals surface area contributed by atoms with Crippen LogP contribution in [0.2, 0.25) is 0 Å². The lowest BCUT2D eigenvalue weighted by Crippen LogP contribution is -3.00. The second-order valence-corrected chi connectivity index (χ2v) is 5.77. The van der Waals surface area contributed by atoms with Crippen molar-refractivity contribution in [2.45, 2.75) is 11.8 Å². The van der Waals surface area contributed by atoms with E-state index in [0.717, 1.165) is 49.4 Å². The molecule has 0 amide bonds. The molecule has 1 fully saturated rings. The first-order valence-corrected chi connectivity index (χ1v) is 7.86. The predicted octanol–water partition coefficient (Wildman–Crippen LogP) is -0.392. The van der Waals surface area contributed by atoms with Crippen LogP contribution in [0.5, 0.6) is 0 Å². The number of morpholine rings is 1. The van der Waals surface area contributed by atoms with E-state index in [2.05, 4.69) is 34.2 Å². The van der Waals surface area contributed by atoms with Crippen LogP contribution in [0.3, 0.4) is 0 Å².